The van der Waals surface area contributed by atoms with Crippen LogP contribution < -0.4 is 4.74 Å². The van der Waals surface area contributed by atoms with Crippen LogP contribution in [0.25, 0.3) is 0 Å². The lowest BCUT2D eigenvalue weighted by Crippen LogP contribution is -2.47. The highest BCUT2D eigenvalue weighted by molar-refractivity contribution is 5.81. The predicted octanol–water partition coefficient (Wildman–Crippen LogP) is 2.11. The summed E-state index contributed by atoms with van der Waals surface area (Å²) in [5, 5.41) is 0. The number of benzene rings is 1. The molecule has 2 amide bonds. The Morgan fingerprint density at radius 1 is 0.897 bits per heavy atom. The first-order valence-electron chi connectivity index (χ1n) is 10.5. The van der Waals surface area contributed by atoms with Crippen molar-refractivity contribution in [1.82, 2.24) is 9.80 Å². The van der Waals surface area contributed by atoms with Crippen LogP contribution in [0.1, 0.15) is 32.6 Å². The maximum absolute atomic E-state index is 12.8. The highest BCUT2D eigenvalue weighted by Crippen LogP contribution is 2.24. The number of carbonyl (C=O) groups is 3. The van der Waals surface area contributed by atoms with Crippen molar-refractivity contribution in [2.45, 2.75) is 32.6 Å². The Balaban J connectivity index is 1.39. The normalized spacial score (nSPS) is 18.4. The molecule has 0 unspecified atom stereocenters. The molecule has 0 spiro atoms. The molecule has 1 aromatic carbocycles. The molecule has 3 rings (SSSR count). The van der Waals surface area contributed by atoms with Crippen LogP contribution in [0.15, 0.2) is 30.3 Å². The largest absolute Gasteiger partial charge is 0.484 e. The molecule has 2 aliphatic heterocycles. The summed E-state index contributed by atoms with van der Waals surface area (Å²) in [6.07, 6.45) is 2.68. The number of ether oxygens (including phenoxy) is 2. The number of hydrogen-bond acceptors (Lipinski definition) is 5. The molecule has 2 heterocycles. The molecule has 0 radical (unpaired) electrons. The molecule has 0 aromatic heterocycles. The van der Waals surface area contributed by atoms with Crippen LogP contribution in [-0.4, -0.2) is 67.0 Å². The van der Waals surface area contributed by atoms with E-state index in [2.05, 4.69) is 0 Å². The second-order valence-corrected chi connectivity index (χ2v) is 7.61. The van der Waals surface area contributed by atoms with E-state index in [9.17, 15) is 14.4 Å². The number of esters is 1. The Kier molecular flexibility index (Phi) is 7.49. The minimum atomic E-state index is -0.149. The van der Waals surface area contributed by atoms with Crippen molar-refractivity contribution >= 4 is 17.8 Å². The first-order chi connectivity index (χ1) is 14.1. The van der Waals surface area contributed by atoms with Gasteiger partial charge < -0.3 is 19.3 Å². The first-order valence-corrected chi connectivity index (χ1v) is 10.5. The molecule has 2 saturated heterocycles. The summed E-state index contributed by atoms with van der Waals surface area (Å²) < 4.78 is 10.6. The number of carbonyl (C=O) groups excluding carboxylic acids is 3. The fraction of sp³-hybridized carbons (Fsp3) is 0.591. The fourth-order valence-electron chi connectivity index (χ4n) is 3.98. The first kappa shape index (κ1) is 21.1. The summed E-state index contributed by atoms with van der Waals surface area (Å²) in [6, 6.07) is 9.28. The smallest absolute Gasteiger partial charge is 0.309 e. The van der Waals surface area contributed by atoms with Gasteiger partial charge in [-0.1, -0.05) is 18.2 Å². The highest BCUT2D eigenvalue weighted by Gasteiger charge is 2.33. The SMILES string of the molecule is CCOC(=O)C1CCN(C(=O)C2CCN(C(=O)COc3ccccc3)CC2)CC1. The van der Waals surface area contributed by atoms with Gasteiger partial charge in [0.1, 0.15) is 5.75 Å². The van der Waals surface area contributed by atoms with E-state index in [1.54, 1.807) is 4.90 Å². The van der Waals surface area contributed by atoms with Crippen molar-refractivity contribution in [2.24, 2.45) is 11.8 Å². The van der Waals surface area contributed by atoms with E-state index in [1.807, 2.05) is 42.2 Å². The Morgan fingerprint density at radius 2 is 1.48 bits per heavy atom. The van der Waals surface area contributed by atoms with Crippen LogP contribution in [-0.2, 0) is 19.1 Å². The predicted molar refractivity (Wildman–Crippen MR) is 107 cm³/mol. The van der Waals surface area contributed by atoms with Gasteiger partial charge in [-0.3, -0.25) is 14.4 Å². The van der Waals surface area contributed by atoms with Gasteiger partial charge in [-0.05, 0) is 44.7 Å². The van der Waals surface area contributed by atoms with Crippen molar-refractivity contribution in [1.29, 1.82) is 0 Å². The van der Waals surface area contributed by atoms with Gasteiger partial charge >= 0.3 is 5.97 Å². The molecule has 29 heavy (non-hydrogen) atoms. The molecule has 0 atom stereocenters. The number of hydrogen-bond donors (Lipinski definition) is 0. The Morgan fingerprint density at radius 3 is 2.10 bits per heavy atom. The van der Waals surface area contributed by atoms with Crippen molar-refractivity contribution in [2.75, 3.05) is 39.4 Å². The van der Waals surface area contributed by atoms with Crippen molar-refractivity contribution in [3.8, 4) is 5.75 Å². The minimum absolute atomic E-state index is 0.0179. The third-order valence-corrected chi connectivity index (χ3v) is 5.73. The number of rotatable bonds is 6. The van der Waals surface area contributed by atoms with Gasteiger partial charge in [0.25, 0.3) is 5.91 Å². The summed E-state index contributed by atoms with van der Waals surface area (Å²) in [7, 11) is 0. The maximum Gasteiger partial charge on any atom is 0.309 e. The number of amides is 2. The van der Waals surface area contributed by atoms with Crippen LogP contribution in [0.4, 0.5) is 0 Å². The average Bonchev–Trinajstić information content (AvgIpc) is 2.78. The Labute approximate surface area is 171 Å². The van der Waals surface area contributed by atoms with E-state index in [1.165, 1.54) is 0 Å². The number of likely N-dealkylation sites (tertiary alicyclic amines) is 2. The summed E-state index contributed by atoms with van der Waals surface area (Å²) in [5.74, 6) is 0.493. The van der Waals surface area contributed by atoms with Crippen molar-refractivity contribution in [3.05, 3.63) is 30.3 Å². The molecule has 7 nitrogen and oxygen atoms in total. The molecule has 0 aliphatic carbocycles. The van der Waals surface area contributed by atoms with Crippen molar-refractivity contribution < 1.29 is 23.9 Å². The molecule has 158 valence electrons. The van der Waals surface area contributed by atoms with Crippen LogP contribution >= 0.6 is 0 Å². The lowest BCUT2D eigenvalue weighted by atomic mass is 9.92. The molecule has 7 heteroatoms. The van der Waals surface area contributed by atoms with Crippen LogP contribution in [0.2, 0.25) is 0 Å². The van der Waals surface area contributed by atoms with E-state index < -0.39 is 0 Å². The molecule has 2 aliphatic rings. The monoisotopic (exact) mass is 402 g/mol. The van der Waals surface area contributed by atoms with Crippen molar-refractivity contribution in [3.63, 3.8) is 0 Å². The number of para-hydroxylation sites is 1. The average molecular weight is 402 g/mol. The molecular formula is C22H30N2O5. The van der Waals surface area contributed by atoms with Crippen LogP contribution in [0, 0.1) is 11.8 Å². The standard InChI is InChI=1S/C22H30N2O5/c1-2-28-22(27)18-10-14-24(15-11-18)21(26)17-8-12-23(13-9-17)20(25)16-29-19-6-4-3-5-7-19/h3-7,17-18H,2,8-16H2,1H3. The van der Waals surface area contributed by atoms with E-state index in [0.29, 0.717) is 64.2 Å². The summed E-state index contributed by atoms with van der Waals surface area (Å²) in [5.41, 5.74) is 0. The lowest BCUT2D eigenvalue weighted by Gasteiger charge is -2.36. The van der Waals surface area contributed by atoms with E-state index in [-0.39, 0.29) is 36.2 Å². The Bertz CT molecular complexity index is 692. The topological polar surface area (TPSA) is 76.2 Å². The van der Waals surface area contributed by atoms with Gasteiger partial charge in [0, 0.05) is 32.1 Å². The number of piperidine rings is 2. The zero-order valence-electron chi connectivity index (χ0n) is 17.0. The second kappa shape index (κ2) is 10.3. The maximum atomic E-state index is 12.8. The molecule has 1 aromatic rings. The molecule has 0 N–H and O–H groups in total. The molecule has 2 fully saturated rings. The summed E-state index contributed by atoms with van der Waals surface area (Å²) >= 11 is 0. The van der Waals surface area contributed by atoms with Gasteiger partial charge in [-0.2, -0.15) is 0 Å². The molecule has 0 bridgehead atoms. The minimum Gasteiger partial charge on any atom is -0.484 e. The summed E-state index contributed by atoms with van der Waals surface area (Å²) in [6.45, 7) is 4.58. The van der Waals surface area contributed by atoms with Crippen LogP contribution in [0.3, 0.4) is 0 Å². The molecular weight excluding hydrogens is 372 g/mol. The molecule has 0 saturated carbocycles. The van der Waals surface area contributed by atoms with E-state index in [0.717, 1.165) is 0 Å². The second-order valence-electron chi connectivity index (χ2n) is 7.61. The summed E-state index contributed by atoms with van der Waals surface area (Å²) in [4.78, 5) is 40.7. The fourth-order valence-corrected chi connectivity index (χ4v) is 3.98. The zero-order chi connectivity index (χ0) is 20.6. The van der Waals surface area contributed by atoms with Gasteiger partial charge in [0.05, 0.1) is 12.5 Å². The van der Waals surface area contributed by atoms with E-state index >= 15 is 0 Å². The number of nitrogens with zero attached hydrogens (tertiary/aromatic N) is 2. The zero-order valence-corrected chi connectivity index (χ0v) is 17.0. The van der Waals surface area contributed by atoms with Gasteiger partial charge in [-0.15, -0.1) is 0 Å². The lowest BCUT2D eigenvalue weighted by molar-refractivity contribution is -0.152. The third kappa shape index (κ3) is 5.71. The highest BCUT2D eigenvalue weighted by atomic mass is 16.5. The quantitative estimate of drug-likeness (QED) is 0.681. The van der Waals surface area contributed by atoms with Gasteiger partial charge in [0.2, 0.25) is 5.91 Å². The third-order valence-electron chi connectivity index (χ3n) is 5.73. The van der Waals surface area contributed by atoms with E-state index in [4.69, 9.17) is 9.47 Å². The van der Waals surface area contributed by atoms with Crippen LogP contribution in [0.5, 0.6) is 5.75 Å². The Hall–Kier alpha value is -2.57. The van der Waals surface area contributed by atoms with Gasteiger partial charge in [0.15, 0.2) is 6.61 Å². The van der Waals surface area contributed by atoms with Gasteiger partial charge in [-0.25, -0.2) is 0 Å².